The maximum Gasteiger partial charge on any atom is 0.312 e. The molecule has 4 aliphatic rings. The number of carbonyl (C=O) groups is 2. The number of aryl methyl sites for hydroxylation is 1. The smallest absolute Gasteiger partial charge is 0.312 e. The highest BCUT2D eigenvalue weighted by Gasteiger charge is 2.63. The molecule has 7 rings (SSSR count). The van der Waals surface area contributed by atoms with Gasteiger partial charge in [-0.2, -0.15) is 0 Å². The zero-order valence-corrected chi connectivity index (χ0v) is 26.6. The molecule has 45 heavy (non-hydrogen) atoms. The van der Waals surface area contributed by atoms with E-state index in [0.29, 0.717) is 19.1 Å². The maximum atomic E-state index is 13.4. The third-order valence-electron chi connectivity index (χ3n) is 10.5. The molecule has 1 aliphatic carbocycles. The second-order valence-electron chi connectivity index (χ2n) is 13.1. The summed E-state index contributed by atoms with van der Waals surface area (Å²) < 4.78 is 17.4. The lowest BCUT2D eigenvalue weighted by atomic mass is 9.90. The van der Waals surface area contributed by atoms with Gasteiger partial charge in [-0.25, -0.2) is 4.98 Å². The van der Waals surface area contributed by atoms with Crippen molar-refractivity contribution in [3.8, 4) is 17.0 Å². The number of pyridine rings is 1. The van der Waals surface area contributed by atoms with Crippen molar-refractivity contribution in [2.75, 3.05) is 44.4 Å². The van der Waals surface area contributed by atoms with Crippen LogP contribution in [0, 0.1) is 25.2 Å². The normalized spacial score (nSPS) is 22.9. The van der Waals surface area contributed by atoms with Crippen LogP contribution >= 0.6 is 0 Å². The highest BCUT2D eigenvalue weighted by atomic mass is 16.5. The van der Waals surface area contributed by atoms with E-state index in [4.69, 9.17) is 19.2 Å². The number of piperidine rings is 1. The molecule has 3 aromatic rings. The van der Waals surface area contributed by atoms with E-state index in [-0.39, 0.29) is 23.3 Å². The topological polar surface area (TPSA) is 81.2 Å². The Bertz CT molecular complexity index is 1620. The average molecular weight is 610 g/mol. The molecule has 3 fully saturated rings. The van der Waals surface area contributed by atoms with E-state index in [1.807, 2.05) is 25.1 Å². The van der Waals surface area contributed by atoms with Crippen LogP contribution in [0.3, 0.4) is 0 Å². The van der Waals surface area contributed by atoms with Crippen molar-refractivity contribution >= 4 is 17.7 Å². The Hall–Kier alpha value is -3.91. The van der Waals surface area contributed by atoms with E-state index >= 15 is 0 Å². The summed E-state index contributed by atoms with van der Waals surface area (Å²) in [5.41, 5.74) is 6.89. The first-order chi connectivity index (χ1) is 21.9. The van der Waals surface area contributed by atoms with Crippen molar-refractivity contribution in [1.29, 1.82) is 0 Å². The van der Waals surface area contributed by atoms with E-state index in [0.717, 1.165) is 116 Å². The van der Waals surface area contributed by atoms with Gasteiger partial charge < -0.3 is 24.0 Å². The summed E-state index contributed by atoms with van der Waals surface area (Å²) >= 11 is 0. The van der Waals surface area contributed by atoms with Crippen LogP contribution in [0.2, 0.25) is 0 Å². The molecule has 2 aromatic carbocycles. The summed E-state index contributed by atoms with van der Waals surface area (Å²) in [6.07, 6.45) is 4.40. The third-order valence-corrected chi connectivity index (χ3v) is 10.5. The van der Waals surface area contributed by atoms with Crippen LogP contribution in [0.15, 0.2) is 48.5 Å². The van der Waals surface area contributed by atoms with Crippen molar-refractivity contribution in [3.63, 3.8) is 0 Å². The van der Waals surface area contributed by atoms with Crippen molar-refractivity contribution in [3.05, 3.63) is 76.3 Å². The average Bonchev–Trinajstić information content (AvgIpc) is 3.81. The molecule has 236 valence electrons. The number of amides is 1. The van der Waals surface area contributed by atoms with E-state index in [1.54, 1.807) is 0 Å². The number of benzene rings is 2. The quantitative estimate of drug-likeness (QED) is 0.294. The van der Waals surface area contributed by atoms with Crippen molar-refractivity contribution < 1.29 is 23.8 Å². The fourth-order valence-corrected chi connectivity index (χ4v) is 7.65. The van der Waals surface area contributed by atoms with Crippen LogP contribution in [0.4, 0.5) is 5.82 Å². The number of rotatable bonds is 8. The van der Waals surface area contributed by atoms with Crippen LogP contribution in [-0.2, 0) is 27.3 Å². The Morgan fingerprint density at radius 3 is 2.71 bits per heavy atom. The molecule has 1 saturated carbocycles. The van der Waals surface area contributed by atoms with Crippen molar-refractivity contribution in [1.82, 2.24) is 9.88 Å². The molecule has 0 bridgehead atoms. The number of esters is 1. The molecule has 8 heteroatoms. The molecular formula is C37H43N3O5. The van der Waals surface area contributed by atoms with Crippen LogP contribution in [0.25, 0.3) is 11.3 Å². The molecule has 0 radical (unpaired) electrons. The number of ether oxygens (including phenoxy) is 3. The van der Waals surface area contributed by atoms with Gasteiger partial charge in [0, 0.05) is 50.0 Å². The van der Waals surface area contributed by atoms with Gasteiger partial charge in [-0.3, -0.25) is 9.59 Å². The van der Waals surface area contributed by atoms with Gasteiger partial charge in [0.2, 0.25) is 0 Å². The Kier molecular flexibility index (Phi) is 8.02. The molecule has 1 aromatic heterocycles. The van der Waals surface area contributed by atoms with Gasteiger partial charge in [-0.05, 0) is 106 Å². The summed E-state index contributed by atoms with van der Waals surface area (Å²) in [5.74, 6) is 2.15. The van der Waals surface area contributed by atoms with Crippen LogP contribution < -0.4 is 9.64 Å². The maximum absolute atomic E-state index is 13.4. The zero-order valence-electron chi connectivity index (χ0n) is 26.6. The number of hydrogen-bond donors (Lipinski definition) is 0. The summed E-state index contributed by atoms with van der Waals surface area (Å²) in [6.45, 7) is 10.7. The van der Waals surface area contributed by atoms with Gasteiger partial charge in [0.15, 0.2) is 0 Å². The van der Waals surface area contributed by atoms with Crippen molar-refractivity contribution in [2.45, 2.75) is 65.5 Å². The second-order valence-corrected chi connectivity index (χ2v) is 13.1. The van der Waals surface area contributed by atoms with Crippen LogP contribution in [0.1, 0.15) is 65.2 Å². The molecule has 0 spiro atoms. The second kappa shape index (κ2) is 12.1. The van der Waals surface area contributed by atoms with Gasteiger partial charge >= 0.3 is 5.97 Å². The predicted molar refractivity (Wildman–Crippen MR) is 173 cm³/mol. The van der Waals surface area contributed by atoms with Gasteiger partial charge in [-0.15, -0.1) is 0 Å². The molecule has 8 nitrogen and oxygen atoms in total. The molecule has 1 amide bonds. The Labute approximate surface area is 265 Å². The first-order valence-corrected chi connectivity index (χ1v) is 16.5. The number of carbonyl (C=O) groups excluding carboxylic acids is 2. The van der Waals surface area contributed by atoms with E-state index in [2.05, 4.69) is 54.0 Å². The summed E-state index contributed by atoms with van der Waals surface area (Å²) in [4.78, 5) is 35.5. The van der Waals surface area contributed by atoms with Gasteiger partial charge in [0.05, 0.1) is 17.7 Å². The molecule has 2 saturated heterocycles. The minimum absolute atomic E-state index is 0.0318. The highest BCUT2D eigenvalue weighted by Crippen LogP contribution is 2.59. The third kappa shape index (κ3) is 5.58. The summed E-state index contributed by atoms with van der Waals surface area (Å²) in [7, 11) is 0. The molecule has 3 aliphatic heterocycles. The Morgan fingerprint density at radius 2 is 1.91 bits per heavy atom. The lowest BCUT2D eigenvalue weighted by Gasteiger charge is -2.38. The molecule has 4 heterocycles. The minimum atomic E-state index is -0.284. The molecule has 0 N–H and O–H groups in total. The predicted octanol–water partition coefficient (Wildman–Crippen LogP) is 5.90. The Balaban J connectivity index is 1.07. The Morgan fingerprint density at radius 1 is 1.07 bits per heavy atom. The fraction of sp³-hybridized carbons (Fsp3) is 0.486. The number of anilines is 1. The lowest BCUT2D eigenvalue weighted by Crippen LogP contribution is -2.47. The number of hydrogen-bond acceptors (Lipinski definition) is 7. The van der Waals surface area contributed by atoms with Crippen LogP contribution in [-0.4, -0.2) is 67.3 Å². The standard InChI is InChI=1S/C37H43N3O5/c1-4-44-36(42)37-15-17-39(22-27(37)21-37)34-7-5-6-32(38-34)31-20-24(2)8-11-33(31)45-23-26-9-10-30-29(25(26)3)12-16-40(35(30)41)28-13-18-43-19-14-28/h5-11,20,27-28H,4,12-19,21-23H2,1-3H3/t27-,37+/m0/s1. The SMILES string of the molecule is CCOC(=O)[C@@]12CCN(c3cccc(-c4cc(C)ccc4OCc4ccc5c(c4C)CCN(C4CCOCC4)C5=O)n3)C[C@@H]1C2. The van der Waals surface area contributed by atoms with Gasteiger partial charge in [0.1, 0.15) is 18.2 Å². The zero-order chi connectivity index (χ0) is 31.1. The first kappa shape index (κ1) is 29.8. The van der Waals surface area contributed by atoms with Gasteiger partial charge in [0.25, 0.3) is 5.91 Å². The summed E-state index contributed by atoms with van der Waals surface area (Å²) in [6, 6.07) is 16.7. The molecular weight excluding hydrogens is 566 g/mol. The monoisotopic (exact) mass is 609 g/mol. The summed E-state index contributed by atoms with van der Waals surface area (Å²) in [5, 5.41) is 0. The van der Waals surface area contributed by atoms with E-state index in [9.17, 15) is 9.59 Å². The highest BCUT2D eigenvalue weighted by molar-refractivity contribution is 5.97. The number of nitrogens with zero attached hydrogens (tertiary/aromatic N) is 3. The van der Waals surface area contributed by atoms with E-state index < -0.39 is 0 Å². The van der Waals surface area contributed by atoms with Gasteiger partial charge in [-0.1, -0.05) is 23.8 Å². The first-order valence-electron chi connectivity index (χ1n) is 16.5. The number of aromatic nitrogens is 1. The molecule has 2 atom stereocenters. The van der Waals surface area contributed by atoms with Crippen LogP contribution in [0.5, 0.6) is 5.75 Å². The minimum Gasteiger partial charge on any atom is -0.488 e. The fourth-order valence-electron chi connectivity index (χ4n) is 7.65. The van der Waals surface area contributed by atoms with Crippen molar-refractivity contribution in [2.24, 2.45) is 11.3 Å². The number of fused-ring (bicyclic) bond motifs is 2. The van der Waals surface area contributed by atoms with E-state index in [1.165, 1.54) is 0 Å². The largest absolute Gasteiger partial charge is 0.488 e. The molecule has 0 unspecified atom stereocenters. The lowest BCUT2D eigenvalue weighted by molar-refractivity contribution is -0.150.